The molecule has 2 aromatic carbocycles. The third-order valence-electron chi connectivity index (χ3n) is 6.68. The van der Waals surface area contributed by atoms with E-state index in [1.54, 1.807) is 10.6 Å². The van der Waals surface area contributed by atoms with Crippen LogP contribution in [0.25, 0.3) is 27.6 Å². The number of para-hydroxylation sites is 1. The van der Waals surface area contributed by atoms with E-state index in [9.17, 15) is 9.59 Å². The second-order valence-electron chi connectivity index (χ2n) is 8.82. The van der Waals surface area contributed by atoms with Gasteiger partial charge in [0.15, 0.2) is 5.65 Å². The van der Waals surface area contributed by atoms with Crippen molar-refractivity contribution in [3.63, 3.8) is 0 Å². The highest BCUT2D eigenvalue weighted by Gasteiger charge is 2.22. The van der Waals surface area contributed by atoms with Gasteiger partial charge in [0.2, 0.25) is 5.43 Å². The molecule has 5 rings (SSSR count). The van der Waals surface area contributed by atoms with Gasteiger partial charge in [0, 0.05) is 18.9 Å². The van der Waals surface area contributed by atoms with E-state index in [0.29, 0.717) is 17.0 Å². The van der Waals surface area contributed by atoms with Gasteiger partial charge in [-0.3, -0.25) is 14.2 Å². The van der Waals surface area contributed by atoms with Crippen LogP contribution in [0.4, 0.5) is 0 Å². The zero-order valence-electron chi connectivity index (χ0n) is 18.1. The van der Waals surface area contributed by atoms with E-state index in [4.69, 9.17) is 4.98 Å². The Bertz CT molecular complexity index is 1390. The Balaban J connectivity index is 1.84. The molecule has 1 aliphatic carbocycles. The van der Waals surface area contributed by atoms with E-state index in [0.717, 1.165) is 29.0 Å². The first kappa shape index (κ1) is 19.7. The molecule has 4 aromatic rings. The fraction of sp³-hybridized carbons (Fsp3) is 0.346. The van der Waals surface area contributed by atoms with E-state index in [1.807, 2.05) is 61.0 Å². The second kappa shape index (κ2) is 7.80. The van der Waals surface area contributed by atoms with Crippen molar-refractivity contribution in [3.8, 4) is 5.69 Å². The summed E-state index contributed by atoms with van der Waals surface area (Å²) in [5, 5.41) is 0.709. The standard InChI is InChI=1S/C26H27N3O2/c1-17-12-14-19(15-13-17)29-22(16-18-8-4-3-5-9-18)27-25-23(26(29)31)24(30)20-10-6-7-11-21(20)28(25)2/h6-7,10-15,18H,3-5,8-9,16H2,1-2H3. The molecule has 0 saturated heterocycles. The molecular formula is C26H27N3O2. The van der Waals surface area contributed by atoms with E-state index in [1.165, 1.54) is 32.1 Å². The van der Waals surface area contributed by atoms with Crippen molar-refractivity contribution in [2.75, 3.05) is 0 Å². The number of pyridine rings is 1. The fourth-order valence-corrected chi connectivity index (χ4v) is 4.95. The van der Waals surface area contributed by atoms with Gasteiger partial charge in [0.25, 0.3) is 5.56 Å². The average molecular weight is 414 g/mol. The molecule has 2 aromatic heterocycles. The van der Waals surface area contributed by atoms with Gasteiger partial charge in [0.05, 0.1) is 11.2 Å². The van der Waals surface area contributed by atoms with Crippen LogP contribution in [-0.2, 0) is 13.5 Å². The molecule has 5 heteroatoms. The van der Waals surface area contributed by atoms with Crippen molar-refractivity contribution < 1.29 is 0 Å². The smallest absolute Gasteiger partial charge is 0.271 e. The molecule has 1 fully saturated rings. The normalized spacial score (nSPS) is 15.0. The van der Waals surface area contributed by atoms with Gasteiger partial charge in [0.1, 0.15) is 11.2 Å². The van der Waals surface area contributed by atoms with E-state index in [2.05, 4.69) is 0 Å². The topological polar surface area (TPSA) is 56.9 Å². The summed E-state index contributed by atoms with van der Waals surface area (Å²) in [7, 11) is 1.89. The van der Waals surface area contributed by atoms with Crippen LogP contribution >= 0.6 is 0 Å². The average Bonchev–Trinajstić information content (AvgIpc) is 2.79. The first-order chi connectivity index (χ1) is 15.0. The highest BCUT2D eigenvalue weighted by molar-refractivity contribution is 5.91. The maximum atomic E-state index is 13.8. The second-order valence-corrected chi connectivity index (χ2v) is 8.82. The van der Waals surface area contributed by atoms with Crippen molar-refractivity contribution in [2.24, 2.45) is 13.0 Å². The molecule has 0 aliphatic heterocycles. The van der Waals surface area contributed by atoms with Crippen LogP contribution < -0.4 is 11.0 Å². The minimum Gasteiger partial charge on any atom is -0.328 e. The molecule has 1 saturated carbocycles. The zero-order chi connectivity index (χ0) is 21.5. The van der Waals surface area contributed by atoms with Gasteiger partial charge in [-0.05, 0) is 37.1 Å². The molecule has 5 nitrogen and oxygen atoms in total. The predicted molar refractivity (Wildman–Crippen MR) is 125 cm³/mol. The molecule has 31 heavy (non-hydrogen) atoms. The number of fused-ring (bicyclic) bond motifs is 2. The van der Waals surface area contributed by atoms with Crippen LogP contribution in [0, 0.1) is 12.8 Å². The molecule has 2 heterocycles. The molecule has 0 spiro atoms. The van der Waals surface area contributed by atoms with Crippen LogP contribution in [0.15, 0.2) is 58.1 Å². The van der Waals surface area contributed by atoms with Gasteiger partial charge in [-0.25, -0.2) is 4.98 Å². The molecule has 0 unspecified atom stereocenters. The van der Waals surface area contributed by atoms with E-state index < -0.39 is 0 Å². The van der Waals surface area contributed by atoms with Crippen molar-refractivity contribution in [1.29, 1.82) is 0 Å². The highest BCUT2D eigenvalue weighted by atomic mass is 16.1. The Kier molecular flexibility index (Phi) is 4.97. The van der Waals surface area contributed by atoms with Crippen molar-refractivity contribution in [2.45, 2.75) is 45.4 Å². The maximum Gasteiger partial charge on any atom is 0.271 e. The molecule has 0 N–H and O–H groups in total. The summed E-state index contributed by atoms with van der Waals surface area (Å²) >= 11 is 0. The minimum absolute atomic E-state index is 0.161. The SMILES string of the molecule is Cc1ccc(-n2c(CC3CCCCC3)nc3c(c(=O)c4ccccc4n3C)c2=O)cc1. The summed E-state index contributed by atoms with van der Waals surface area (Å²) in [6, 6.07) is 15.3. The van der Waals surface area contributed by atoms with Gasteiger partial charge < -0.3 is 4.57 Å². The van der Waals surface area contributed by atoms with E-state index >= 15 is 0 Å². The molecular weight excluding hydrogens is 386 g/mol. The van der Waals surface area contributed by atoms with Crippen molar-refractivity contribution >= 4 is 21.9 Å². The monoisotopic (exact) mass is 413 g/mol. The lowest BCUT2D eigenvalue weighted by molar-refractivity contribution is 0.349. The zero-order valence-corrected chi connectivity index (χ0v) is 18.1. The first-order valence-corrected chi connectivity index (χ1v) is 11.1. The number of hydrogen-bond donors (Lipinski definition) is 0. The van der Waals surface area contributed by atoms with Crippen LogP contribution in [0.1, 0.15) is 43.5 Å². The Morgan fingerprint density at radius 2 is 1.68 bits per heavy atom. The lowest BCUT2D eigenvalue weighted by atomic mass is 9.86. The van der Waals surface area contributed by atoms with Gasteiger partial charge in [-0.15, -0.1) is 0 Å². The third-order valence-corrected chi connectivity index (χ3v) is 6.68. The molecule has 0 atom stereocenters. The van der Waals surface area contributed by atoms with Crippen LogP contribution in [0.2, 0.25) is 0 Å². The first-order valence-electron chi connectivity index (χ1n) is 11.1. The maximum absolute atomic E-state index is 13.8. The summed E-state index contributed by atoms with van der Waals surface area (Å²) in [6.45, 7) is 2.02. The van der Waals surface area contributed by atoms with Crippen LogP contribution in [-0.4, -0.2) is 14.1 Å². The summed E-state index contributed by atoms with van der Waals surface area (Å²) < 4.78 is 3.56. The lowest BCUT2D eigenvalue weighted by Crippen LogP contribution is -2.30. The largest absolute Gasteiger partial charge is 0.328 e. The third kappa shape index (κ3) is 3.38. The Labute approximate surface area is 181 Å². The molecule has 0 radical (unpaired) electrons. The Morgan fingerprint density at radius 1 is 0.968 bits per heavy atom. The number of nitrogens with zero attached hydrogens (tertiary/aromatic N) is 3. The summed E-state index contributed by atoms with van der Waals surface area (Å²) in [6.07, 6.45) is 6.83. The van der Waals surface area contributed by atoms with Crippen LogP contribution in [0.3, 0.4) is 0 Å². The number of benzene rings is 2. The van der Waals surface area contributed by atoms with Gasteiger partial charge >= 0.3 is 0 Å². The molecule has 0 bridgehead atoms. The number of aryl methyl sites for hydroxylation is 2. The molecule has 158 valence electrons. The summed E-state index contributed by atoms with van der Waals surface area (Å²) in [5.41, 5.74) is 2.65. The highest BCUT2D eigenvalue weighted by Crippen LogP contribution is 2.27. The van der Waals surface area contributed by atoms with Crippen molar-refractivity contribution in [1.82, 2.24) is 14.1 Å². The van der Waals surface area contributed by atoms with Gasteiger partial charge in [-0.1, -0.05) is 61.9 Å². The van der Waals surface area contributed by atoms with E-state index in [-0.39, 0.29) is 16.4 Å². The number of rotatable bonds is 3. The summed E-state index contributed by atoms with van der Waals surface area (Å²) in [5.74, 6) is 1.27. The summed E-state index contributed by atoms with van der Waals surface area (Å²) in [4.78, 5) is 32.1. The quantitative estimate of drug-likeness (QED) is 0.459. The predicted octanol–water partition coefficient (Wildman–Crippen LogP) is 4.67. The van der Waals surface area contributed by atoms with Gasteiger partial charge in [-0.2, -0.15) is 0 Å². The number of aromatic nitrogens is 3. The molecule has 1 aliphatic rings. The molecule has 0 amide bonds. The fourth-order valence-electron chi connectivity index (χ4n) is 4.95. The lowest BCUT2D eigenvalue weighted by Gasteiger charge is -2.23. The Hall–Kier alpha value is -3.21. The van der Waals surface area contributed by atoms with Crippen LogP contribution in [0.5, 0.6) is 0 Å². The minimum atomic E-state index is -0.272. The Morgan fingerprint density at radius 3 is 2.42 bits per heavy atom. The van der Waals surface area contributed by atoms with Crippen molar-refractivity contribution in [3.05, 3.63) is 80.5 Å². The number of hydrogen-bond acceptors (Lipinski definition) is 3.